The number of nitrogens with two attached hydrogens (primary N) is 1. The number of benzene rings is 1. The van der Waals surface area contributed by atoms with Crippen LogP contribution in [0.5, 0.6) is 0 Å². The van der Waals surface area contributed by atoms with E-state index in [2.05, 4.69) is 22.4 Å². The normalized spacial score (nSPS) is 10.7. The Hall–Kier alpha value is -2.56. The Kier molecular flexibility index (Phi) is 2.57. The maximum absolute atomic E-state index is 5.51. The summed E-state index contributed by atoms with van der Waals surface area (Å²) >= 11 is 0. The molecule has 2 N–H and O–H groups in total. The van der Waals surface area contributed by atoms with Crippen LogP contribution in [-0.2, 0) is 6.54 Å². The van der Waals surface area contributed by atoms with Crippen LogP contribution in [0.25, 0.3) is 11.3 Å². The molecule has 5 heteroatoms. The van der Waals surface area contributed by atoms with Crippen LogP contribution in [0, 0.1) is 0 Å². The summed E-state index contributed by atoms with van der Waals surface area (Å²) in [4.78, 5) is 0. The largest absolute Gasteiger partial charge is 0.381 e. The Labute approximate surface area is 104 Å². The molecule has 0 bridgehead atoms. The molecular weight excluding hydrogens is 228 g/mol. The topological polar surface area (TPSA) is 69.9 Å². The van der Waals surface area contributed by atoms with Crippen molar-refractivity contribution < 1.29 is 4.52 Å². The van der Waals surface area contributed by atoms with Gasteiger partial charge in [0.05, 0.1) is 18.3 Å². The van der Waals surface area contributed by atoms with Gasteiger partial charge in [0, 0.05) is 12.3 Å². The summed E-state index contributed by atoms with van der Waals surface area (Å²) in [5.41, 5.74) is 7.58. The summed E-state index contributed by atoms with van der Waals surface area (Å²) < 4.78 is 6.94. The molecule has 0 amide bonds. The molecule has 0 radical (unpaired) electrons. The molecule has 0 atom stereocenters. The van der Waals surface area contributed by atoms with Crippen molar-refractivity contribution in [2.75, 3.05) is 5.73 Å². The molecule has 0 saturated carbocycles. The molecule has 1 aromatic carbocycles. The van der Waals surface area contributed by atoms with Crippen LogP contribution in [0.4, 0.5) is 5.82 Å². The molecule has 3 rings (SSSR count). The number of nitrogen functional groups attached to an aromatic ring is 1. The van der Waals surface area contributed by atoms with E-state index in [1.165, 1.54) is 5.56 Å². The lowest BCUT2D eigenvalue weighted by molar-refractivity contribution is 0.436. The maximum atomic E-state index is 5.51. The third kappa shape index (κ3) is 2.10. The molecule has 18 heavy (non-hydrogen) atoms. The predicted octanol–water partition coefficient (Wildman–Crippen LogP) is 2.17. The first-order chi connectivity index (χ1) is 8.81. The Morgan fingerprint density at radius 1 is 1.22 bits per heavy atom. The number of hydrogen-bond donors (Lipinski definition) is 1. The molecule has 0 unspecified atom stereocenters. The highest BCUT2D eigenvalue weighted by atomic mass is 16.5. The molecule has 2 heterocycles. The van der Waals surface area contributed by atoms with Crippen LogP contribution in [0.1, 0.15) is 5.56 Å². The molecule has 0 saturated heterocycles. The fraction of sp³-hybridized carbons (Fsp3) is 0.0769. The lowest BCUT2D eigenvalue weighted by Crippen LogP contribution is -1.98. The molecule has 2 aromatic heterocycles. The highest BCUT2D eigenvalue weighted by Gasteiger charge is 2.07. The zero-order valence-electron chi connectivity index (χ0n) is 9.65. The fourth-order valence-electron chi connectivity index (χ4n) is 1.77. The monoisotopic (exact) mass is 240 g/mol. The fourth-order valence-corrected chi connectivity index (χ4v) is 1.77. The summed E-state index contributed by atoms with van der Waals surface area (Å²) in [5.74, 6) is 1.01. The van der Waals surface area contributed by atoms with E-state index in [-0.39, 0.29) is 0 Å². The number of anilines is 1. The zero-order chi connectivity index (χ0) is 12.4. The van der Waals surface area contributed by atoms with Crippen molar-refractivity contribution in [1.29, 1.82) is 0 Å². The number of aromatic nitrogens is 3. The van der Waals surface area contributed by atoms with Gasteiger partial charge in [-0.25, -0.2) is 0 Å². The van der Waals surface area contributed by atoms with E-state index in [1.807, 2.05) is 29.1 Å². The average molecular weight is 240 g/mol. The number of rotatable bonds is 3. The molecule has 0 fully saturated rings. The van der Waals surface area contributed by atoms with Crippen molar-refractivity contribution in [3.05, 3.63) is 54.4 Å². The summed E-state index contributed by atoms with van der Waals surface area (Å²) in [5, 5.41) is 7.94. The minimum Gasteiger partial charge on any atom is -0.381 e. The van der Waals surface area contributed by atoms with Gasteiger partial charge < -0.3 is 10.3 Å². The molecule has 0 aliphatic heterocycles. The molecule has 0 spiro atoms. The quantitative estimate of drug-likeness (QED) is 0.761. The van der Waals surface area contributed by atoms with Gasteiger partial charge in [0.2, 0.25) is 0 Å². The Morgan fingerprint density at radius 3 is 2.78 bits per heavy atom. The van der Waals surface area contributed by atoms with Gasteiger partial charge in [0.25, 0.3) is 0 Å². The van der Waals surface area contributed by atoms with E-state index in [9.17, 15) is 0 Å². The molecule has 5 nitrogen and oxygen atoms in total. The van der Waals surface area contributed by atoms with Gasteiger partial charge >= 0.3 is 0 Å². The van der Waals surface area contributed by atoms with Crippen molar-refractivity contribution >= 4 is 5.82 Å². The van der Waals surface area contributed by atoms with Gasteiger partial charge in [0.1, 0.15) is 0 Å². The standard InChI is InChI=1S/C13H12N4O/c14-13-6-12(18-16-13)11-7-15-17(9-11)8-10-4-2-1-3-5-10/h1-7,9H,8H2,(H2,14,16). The predicted molar refractivity (Wildman–Crippen MR) is 67.7 cm³/mol. The molecule has 90 valence electrons. The van der Waals surface area contributed by atoms with Gasteiger partial charge in [-0.2, -0.15) is 5.10 Å². The minimum absolute atomic E-state index is 0.376. The van der Waals surface area contributed by atoms with Crippen LogP contribution in [-0.4, -0.2) is 14.9 Å². The third-order valence-electron chi connectivity index (χ3n) is 2.63. The second-order valence-electron chi connectivity index (χ2n) is 4.03. The van der Waals surface area contributed by atoms with Crippen LogP contribution in [0.2, 0.25) is 0 Å². The second kappa shape index (κ2) is 4.37. The van der Waals surface area contributed by atoms with Crippen molar-refractivity contribution in [1.82, 2.24) is 14.9 Å². The first kappa shape index (κ1) is 10.6. The minimum atomic E-state index is 0.376. The lowest BCUT2D eigenvalue weighted by Gasteiger charge is -2.00. The van der Waals surface area contributed by atoms with Gasteiger partial charge in [0.15, 0.2) is 11.6 Å². The average Bonchev–Trinajstić information content (AvgIpc) is 2.99. The van der Waals surface area contributed by atoms with E-state index in [4.69, 9.17) is 10.3 Å². The first-order valence-electron chi connectivity index (χ1n) is 5.60. The molecule has 3 aromatic rings. The van der Waals surface area contributed by atoms with E-state index < -0.39 is 0 Å². The number of nitrogens with zero attached hydrogens (tertiary/aromatic N) is 3. The summed E-state index contributed by atoms with van der Waals surface area (Å²) in [6, 6.07) is 11.8. The van der Waals surface area contributed by atoms with Gasteiger partial charge in [-0.1, -0.05) is 35.5 Å². The summed E-state index contributed by atoms with van der Waals surface area (Å²) in [6.45, 7) is 0.727. The van der Waals surface area contributed by atoms with E-state index in [1.54, 1.807) is 12.3 Å². The molecule has 0 aliphatic rings. The Bertz CT molecular complexity index is 642. The van der Waals surface area contributed by atoms with Crippen LogP contribution in [0.15, 0.2) is 53.3 Å². The van der Waals surface area contributed by atoms with E-state index in [0.717, 1.165) is 12.1 Å². The maximum Gasteiger partial charge on any atom is 0.172 e. The van der Waals surface area contributed by atoms with Crippen molar-refractivity contribution in [2.24, 2.45) is 0 Å². The van der Waals surface area contributed by atoms with Gasteiger partial charge in [-0.3, -0.25) is 4.68 Å². The van der Waals surface area contributed by atoms with Gasteiger partial charge in [-0.15, -0.1) is 0 Å². The summed E-state index contributed by atoms with van der Waals surface area (Å²) in [6.07, 6.45) is 3.65. The van der Waals surface area contributed by atoms with Crippen LogP contribution in [0.3, 0.4) is 0 Å². The third-order valence-corrected chi connectivity index (χ3v) is 2.63. The van der Waals surface area contributed by atoms with Crippen molar-refractivity contribution in [2.45, 2.75) is 6.54 Å². The van der Waals surface area contributed by atoms with Gasteiger partial charge in [-0.05, 0) is 5.56 Å². The lowest BCUT2D eigenvalue weighted by atomic mass is 10.2. The van der Waals surface area contributed by atoms with Crippen LogP contribution < -0.4 is 5.73 Å². The molecule has 0 aliphatic carbocycles. The first-order valence-corrected chi connectivity index (χ1v) is 5.60. The molecular formula is C13H12N4O. The van der Waals surface area contributed by atoms with Crippen molar-refractivity contribution in [3.63, 3.8) is 0 Å². The highest BCUT2D eigenvalue weighted by Crippen LogP contribution is 2.20. The van der Waals surface area contributed by atoms with Crippen molar-refractivity contribution in [3.8, 4) is 11.3 Å². The second-order valence-corrected chi connectivity index (χ2v) is 4.03. The van der Waals surface area contributed by atoms with Crippen LogP contribution >= 0.6 is 0 Å². The Morgan fingerprint density at radius 2 is 2.06 bits per heavy atom. The number of hydrogen-bond acceptors (Lipinski definition) is 4. The Balaban J connectivity index is 1.82. The summed E-state index contributed by atoms with van der Waals surface area (Å²) in [7, 11) is 0. The SMILES string of the molecule is Nc1cc(-c2cnn(Cc3ccccc3)c2)on1. The van der Waals surface area contributed by atoms with E-state index in [0.29, 0.717) is 11.6 Å². The van der Waals surface area contributed by atoms with E-state index >= 15 is 0 Å². The highest BCUT2D eigenvalue weighted by molar-refractivity contribution is 5.57. The zero-order valence-corrected chi connectivity index (χ0v) is 9.65. The smallest absolute Gasteiger partial charge is 0.172 e.